The number of benzene rings is 1. The van der Waals surface area contributed by atoms with Gasteiger partial charge in [-0.3, -0.25) is 0 Å². The number of aromatic carboxylic acids is 1. The van der Waals surface area contributed by atoms with Gasteiger partial charge >= 0.3 is 5.97 Å². The molecule has 0 heterocycles. The minimum atomic E-state index is -0.932. The zero-order chi connectivity index (χ0) is 9.84. The molecule has 1 aromatic rings. The van der Waals surface area contributed by atoms with E-state index in [9.17, 15) is 4.79 Å². The maximum absolute atomic E-state index is 10.5. The van der Waals surface area contributed by atoms with Crippen molar-refractivity contribution in [1.82, 2.24) is 0 Å². The number of carbonyl (C=O) groups is 1. The van der Waals surface area contributed by atoms with Crippen LogP contribution in [0.25, 0.3) is 0 Å². The number of hydrogen-bond acceptors (Lipinski definition) is 2. The van der Waals surface area contributed by atoms with E-state index in [1.54, 1.807) is 18.2 Å². The van der Waals surface area contributed by atoms with Gasteiger partial charge in [0, 0.05) is 6.04 Å². The largest absolute Gasteiger partial charge is 0.478 e. The summed E-state index contributed by atoms with van der Waals surface area (Å²) >= 11 is 0. The molecule has 0 bridgehead atoms. The molecule has 3 nitrogen and oxygen atoms in total. The van der Waals surface area contributed by atoms with Crippen molar-refractivity contribution in [1.29, 1.82) is 0 Å². The molecular formula is C10H11NO2. The minimum Gasteiger partial charge on any atom is -0.478 e. The first-order valence-electron chi connectivity index (χ1n) is 3.86. The monoisotopic (exact) mass is 177 g/mol. The Bertz CT molecular complexity index is 316. The number of carboxylic acid groups (broad SMARTS) is 1. The quantitative estimate of drug-likeness (QED) is 0.689. The number of nitrogens with two attached hydrogens (primary N) is 1. The van der Waals surface area contributed by atoms with E-state index in [1.165, 1.54) is 12.1 Å². The van der Waals surface area contributed by atoms with Gasteiger partial charge in [-0.2, -0.15) is 0 Å². The van der Waals surface area contributed by atoms with Gasteiger partial charge in [0.15, 0.2) is 0 Å². The molecule has 0 aromatic heterocycles. The van der Waals surface area contributed by atoms with Crippen molar-refractivity contribution in [3.8, 4) is 0 Å². The second kappa shape index (κ2) is 3.87. The van der Waals surface area contributed by atoms with Crippen LogP contribution >= 0.6 is 0 Å². The summed E-state index contributed by atoms with van der Waals surface area (Å²) in [4.78, 5) is 10.5. The van der Waals surface area contributed by atoms with Gasteiger partial charge in [0.05, 0.1) is 5.56 Å². The first-order chi connectivity index (χ1) is 6.15. The molecule has 0 aliphatic rings. The van der Waals surface area contributed by atoms with E-state index >= 15 is 0 Å². The molecule has 13 heavy (non-hydrogen) atoms. The molecule has 1 rings (SSSR count). The standard InChI is InChI=1S/C10H11NO2/c1-2-9(11)7-3-5-8(6-4-7)10(12)13/h2-6,9H,1,11H2,(H,12,13)/t9-/m0/s1. The van der Waals surface area contributed by atoms with Gasteiger partial charge in [-0.15, -0.1) is 6.58 Å². The van der Waals surface area contributed by atoms with E-state index in [2.05, 4.69) is 6.58 Å². The van der Waals surface area contributed by atoms with Crippen LogP contribution in [-0.2, 0) is 0 Å². The van der Waals surface area contributed by atoms with Gasteiger partial charge in [0.2, 0.25) is 0 Å². The van der Waals surface area contributed by atoms with Gasteiger partial charge in [-0.05, 0) is 17.7 Å². The maximum atomic E-state index is 10.5. The van der Waals surface area contributed by atoms with Crippen molar-refractivity contribution < 1.29 is 9.90 Å². The minimum absolute atomic E-state index is 0.233. The Labute approximate surface area is 76.5 Å². The summed E-state index contributed by atoms with van der Waals surface area (Å²) in [5.74, 6) is -0.932. The molecule has 3 N–H and O–H groups in total. The van der Waals surface area contributed by atoms with Gasteiger partial charge in [-0.25, -0.2) is 4.79 Å². The third-order valence-electron chi connectivity index (χ3n) is 1.80. The fourth-order valence-corrected chi connectivity index (χ4v) is 0.984. The van der Waals surface area contributed by atoms with Gasteiger partial charge in [0.1, 0.15) is 0 Å². The van der Waals surface area contributed by atoms with Crippen LogP contribution in [-0.4, -0.2) is 11.1 Å². The Morgan fingerprint density at radius 1 is 1.46 bits per heavy atom. The average Bonchev–Trinajstić information content (AvgIpc) is 2.17. The van der Waals surface area contributed by atoms with E-state index < -0.39 is 5.97 Å². The molecule has 0 spiro atoms. The highest BCUT2D eigenvalue weighted by Crippen LogP contribution is 2.11. The Hall–Kier alpha value is -1.61. The lowest BCUT2D eigenvalue weighted by molar-refractivity contribution is 0.0697. The molecule has 0 fully saturated rings. The topological polar surface area (TPSA) is 63.3 Å². The summed E-state index contributed by atoms with van der Waals surface area (Å²) in [7, 11) is 0. The van der Waals surface area contributed by atoms with Gasteiger partial charge < -0.3 is 10.8 Å². The van der Waals surface area contributed by atoms with Crippen LogP contribution in [0, 0.1) is 0 Å². The second-order valence-electron chi connectivity index (χ2n) is 2.69. The van der Waals surface area contributed by atoms with E-state index in [4.69, 9.17) is 10.8 Å². The summed E-state index contributed by atoms with van der Waals surface area (Å²) in [5.41, 5.74) is 6.78. The van der Waals surface area contributed by atoms with E-state index in [-0.39, 0.29) is 11.6 Å². The summed E-state index contributed by atoms with van der Waals surface area (Å²) in [6, 6.07) is 6.20. The highest BCUT2D eigenvalue weighted by Gasteiger charge is 2.04. The molecule has 0 radical (unpaired) electrons. The van der Waals surface area contributed by atoms with E-state index in [1.807, 2.05) is 0 Å². The van der Waals surface area contributed by atoms with Crippen molar-refractivity contribution in [2.45, 2.75) is 6.04 Å². The Morgan fingerprint density at radius 2 is 2.00 bits per heavy atom. The number of carboxylic acids is 1. The van der Waals surface area contributed by atoms with Crippen LogP contribution in [0.4, 0.5) is 0 Å². The van der Waals surface area contributed by atoms with Gasteiger partial charge in [0.25, 0.3) is 0 Å². The van der Waals surface area contributed by atoms with Crippen molar-refractivity contribution >= 4 is 5.97 Å². The van der Waals surface area contributed by atoms with E-state index in [0.717, 1.165) is 5.56 Å². The molecule has 0 aliphatic carbocycles. The molecule has 0 saturated heterocycles. The Balaban J connectivity index is 2.93. The molecule has 1 aromatic carbocycles. The summed E-state index contributed by atoms with van der Waals surface area (Å²) < 4.78 is 0. The lowest BCUT2D eigenvalue weighted by atomic mass is 10.1. The van der Waals surface area contributed by atoms with Gasteiger partial charge in [-0.1, -0.05) is 18.2 Å². The predicted molar refractivity (Wildman–Crippen MR) is 50.5 cm³/mol. The lowest BCUT2D eigenvalue weighted by Crippen LogP contribution is -2.06. The molecule has 1 atom stereocenters. The number of hydrogen-bond donors (Lipinski definition) is 2. The van der Waals surface area contributed by atoms with Crippen molar-refractivity contribution in [2.75, 3.05) is 0 Å². The Morgan fingerprint density at radius 3 is 2.38 bits per heavy atom. The first-order valence-corrected chi connectivity index (χ1v) is 3.86. The van der Waals surface area contributed by atoms with E-state index in [0.29, 0.717) is 0 Å². The normalized spacial score (nSPS) is 12.1. The second-order valence-corrected chi connectivity index (χ2v) is 2.69. The highest BCUT2D eigenvalue weighted by atomic mass is 16.4. The number of rotatable bonds is 3. The van der Waals surface area contributed by atoms with Crippen LogP contribution < -0.4 is 5.73 Å². The highest BCUT2D eigenvalue weighted by molar-refractivity contribution is 5.87. The van der Waals surface area contributed by atoms with Crippen LogP contribution in [0.2, 0.25) is 0 Å². The zero-order valence-corrected chi connectivity index (χ0v) is 7.10. The molecule has 3 heteroatoms. The van der Waals surface area contributed by atoms with Crippen molar-refractivity contribution in [3.63, 3.8) is 0 Å². The fourth-order valence-electron chi connectivity index (χ4n) is 0.984. The molecular weight excluding hydrogens is 166 g/mol. The van der Waals surface area contributed by atoms with Crippen LogP contribution in [0.3, 0.4) is 0 Å². The summed E-state index contributed by atoms with van der Waals surface area (Å²) in [6.07, 6.45) is 1.61. The van der Waals surface area contributed by atoms with Crippen LogP contribution in [0.15, 0.2) is 36.9 Å². The summed E-state index contributed by atoms with van der Waals surface area (Å²) in [5, 5.41) is 8.62. The average molecular weight is 177 g/mol. The third-order valence-corrected chi connectivity index (χ3v) is 1.80. The molecule has 0 unspecified atom stereocenters. The lowest BCUT2D eigenvalue weighted by Gasteiger charge is -2.05. The Kier molecular flexibility index (Phi) is 2.82. The molecule has 68 valence electrons. The maximum Gasteiger partial charge on any atom is 0.335 e. The zero-order valence-electron chi connectivity index (χ0n) is 7.10. The molecule has 0 amide bonds. The SMILES string of the molecule is C=C[C@H](N)c1ccc(C(=O)O)cc1. The third kappa shape index (κ3) is 2.16. The van der Waals surface area contributed by atoms with Crippen LogP contribution in [0.5, 0.6) is 0 Å². The fraction of sp³-hybridized carbons (Fsp3) is 0.100. The molecule has 0 saturated carbocycles. The van der Waals surface area contributed by atoms with Crippen molar-refractivity contribution in [2.24, 2.45) is 5.73 Å². The van der Waals surface area contributed by atoms with Crippen molar-refractivity contribution in [3.05, 3.63) is 48.0 Å². The predicted octanol–water partition coefficient (Wildman–Crippen LogP) is 1.57. The smallest absolute Gasteiger partial charge is 0.335 e. The first kappa shape index (κ1) is 9.48. The summed E-state index contributed by atoms with van der Waals surface area (Å²) in [6.45, 7) is 3.55. The molecule has 0 aliphatic heterocycles. The van der Waals surface area contributed by atoms with Crippen LogP contribution in [0.1, 0.15) is 22.0 Å².